The molecule has 3 aromatic rings. The SMILES string of the molecule is O=C(Nc1ccc(C(F)(F)F)cc1)c1ncn(CC(O)c2ccccc2)n1. The van der Waals surface area contributed by atoms with Crippen LogP contribution < -0.4 is 5.32 Å². The maximum Gasteiger partial charge on any atom is 0.416 e. The molecule has 1 atom stereocenters. The molecule has 1 aromatic heterocycles. The summed E-state index contributed by atoms with van der Waals surface area (Å²) < 4.78 is 39.0. The van der Waals surface area contributed by atoms with Gasteiger partial charge in [-0.15, -0.1) is 5.10 Å². The van der Waals surface area contributed by atoms with Crippen LogP contribution in [0.2, 0.25) is 0 Å². The summed E-state index contributed by atoms with van der Waals surface area (Å²) in [7, 11) is 0. The molecule has 1 amide bonds. The summed E-state index contributed by atoms with van der Waals surface area (Å²) in [6, 6.07) is 13.0. The van der Waals surface area contributed by atoms with Crippen molar-refractivity contribution in [2.45, 2.75) is 18.8 Å². The molecule has 2 N–H and O–H groups in total. The van der Waals surface area contributed by atoms with Crippen LogP contribution in [0.5, 0.6) is 0 Å². The first kappa shape index (κ1) is 18.6. The van der Waals surface area contributed by atoms with Gasteiger partial charge < -0.3 is 10.4 Å². The van der Waals surface area contributed by atoms with Crippen LogP contribution in [-0.2, 0) is 12.7 Å². The van der Waals surface area contributed by atoms with Gasteiger partial charge in [0.2, 0.25) is 5.82 Å². The van der Waals surface area contributed by atoms with Crippen LogP contribution in [0.4, 0.5) is 18.9 Å². The lowest BCUT2D eigenvalue weighted by molar-refractivity contribution is -0.137. The molecule has 3 rings (SSSR count). The Morgan fingerprint density at radius 1 is 1.11 bits per heavy atom. The third kappa shape index (κ3) is 4.70. The summed E-state index contributed by atoms with van der Waals surface area (Å²) in [6.45, 7) is 0.102. The highest BCUT2D eigenvalue weighted by Gasteiger charge is 2.30. The fourth-order valence-electron chi connectivity index (χ4n) is 2.37. The second kappa shape index (κ2) is 7.58. The molecule has 0 aliphatic rings. The zero-order chi connectivity index (χ0) is 19.4. The monoisotopic (exact) mass is 376 g/mol. The fraction of sp³-hybridized carbons (Fsp3) is 0.167. The quantitative estimate of drug-likeness (QED) is 0.716. The highest BCUT2D eigenvalue weighted by Crippen LogP contribution is 2.29. The number of aromatic nitrogens is 3. The molecule has 0 fully saturated rings. The van der Waals surface area contributed by atoms with Crippen molar-refractivity contribution in [3.05, 3.63) is 77.9 Å². The van der Waals surface area contributed by atoms with Gasteiger partial charge in [0.15, 0.2) is 0 Å². The normalized spacial score (nSPS) is 12.6. The van der Waals surface area contributed by atoms with Crippen molar-refractivity contribution in [2.75, 3.05) is 5.32 Å². The molecule has 140 valence electrons. The Morgan fingerprint density at radius 2 is 1.78 bits per heavy atom. The number of benzene rings is 2. The number of alkyl halides is 3. The number of carbonyl (C=O) groups excluding carboxylic acids is 1. The topological polar surface area (TPSA) is 80.0 Å². The van der Waals surface area contributed by atoms with Gasteiger partial charge in [0.05, 0.1) is 18.2 Å². The summed E-state index contributed by atoms with van der Waals surface area (Å²) in [5, 5.41) is 16.6. The van der Waals surface area contributed by atoms with Crippen LogP contribution in [-0.4, -0.2) is 25.8 Å². The van der Waals surface area contributed by atoms with E-state index in [4.69, 9.17) is 0 Å². The predicted molar refractivity (Wildman–Crippen MR) is 90.8 cm³/mol. The van der Waals surface area contributed by atoms with Crippen molar-refractivity contribution in [3.8, 4) is 0 Å². The lowest BCUT2D eigenvalue weighted by Crippen LogP contribution is -2.15. The molecule has 2 aromatic carbocycles. The van der Waals surface area contributed by atoms with E-state index < -0.39 is 23.8 Å². The molecule has 0 saturated heterocycles. The molecule has 0 bridgehead atoms. The van der Waals surface area contributed by atoms with Crippen LogP contribution in [0.3, 0.4) is 0 Å². The van der Waals surface area contributed by atoms with Gasteiger partial charge in [0, 0.05) is 5.69 Å². The average Bonchev–Trinajstić information content (AvgIpc) is 3.11. The number of anilines is 1. The maximum absolute atomic E-state index is 12.5. The highest BCUT2D eigenvalue weighted by atomic mass is 19.4. The number of carbonyl (C=O) groups is 1. The smallest absolute Gasteiger partial charge is 0.386 e. The molecule has 1 unspecified atom stereocenters. The molecule has 1 heterocycles. The van der Waals surface area contributed by atoms with Crippen molar-refractivity contribution < 1.29 is 23.1 Å². The van der Waals surface area contributed by atoms with Crippen LogP contribution in [0.15, 0.2) is 60.9 Å². The highest BCUT2D eigenvalue weighted by molar-refractivity contribution is 6.01. The van der Waals surface area contributed by atoms with Gasteiger partial charge in [0.25, 0.3) is 5.91 Å². The first-order chi connectivity index (χ1) is 12.8. The lowest BCUT2D eigenvalue weighted by Gasteiger charge is -2.10. The Hall–Kier alpha value is -3.20. The van der Waals surface area contributed by atoms with E-state index in [0.29, 0.717) is 5.56 Å². The van der Waals surface area contributed by atoms with Gasteiger partial charge in [0.1, 0.15) is 6.33 Å². The van der Waals surface area contributed by atoms with Crippen molar-refractivity contribution in [2.24, 2.45) is 0 Å². The molecule has 0 radical (unpaired) electrons. The number of halogens is 3. The molecular weight excluding hydrogens is 361 g/mol. The molecule has 0 spiro atoms. The molecule has 0 aliphatic carbocycles. The largest absolute Gasteiger partial charge is 0.416 e. The van der Waals surface area contributed by atoms with Gasteiger partial charge in [-0.1, -0.05) is 30.3 Å². The maximum atomic E-state index is 12.5. The van der Waals surface area contributed by atoms with E-state index >= 15 is 0 Å². The van der Waals surface area contributed by atoms with Gasteiger partial charge >= 0.3 is 6.18 Å². The van der Waals surface area contributed by atoms with Crippen molar-refractivity contribution in [1.29, 1.82) is 0 Å². The van der Waals surface area contributed by atoms with Gasteiger partial charge in [-0.25, -0.2) is 9.67 Å². The molecule has 9 heteroatoms. The van der Waals surface area contributed by atoms with Crippen LogP contribution >= 0.6 is 0 Å². The summed E-state index contributed by atoms with van der Waals surface area (Å²) in [5.41, 5.74) is 0.0789. The third-order valence-electron chi connectivity index (χ3n) is 3.75. The standard InChI is InChI=1S/C18H15F3N4O2/c19-18(20,21)13-6-8-14(9-7-13)23-17(27)16-22-11-25(24-16)10-15(26)12-4-2-1-3-5-12/h1-9,11,15,26H,10H2,(H,23,27). The minimum absolute atomic E-state index is 0.102. The molecule has 0 saturated carbocycles. The molecular formula is C18H15F3N4O2. The van der Waals surface area contributed by atoms with Crippen molar-refractivity contribution in [1.82, 2.24) is 14.8 Å². The number of hydrogen-bond acceptors (Lipinski definition) is 4. The van der Waals surface area contributed by atoms with E-state index in [1.165, 1.54) is 11.0 Å². The first-order valence-corrected chi connectivity index (χ1v) is 7.94. The number of amides is 1. The van der Waals surface area contributed by atoms with Gasteiger partial charge in [-0.3, -0.25) is 4.79 Å². The Kier molecular flexibility index (Phi) is 5.22. The number of nitrogens with one attached hydrogen (secondary N) is 1. The van der Waals surface area contributed by atoms with E-state index in [9.17, 15) is 23.1 Å². The Balaban J connectivity index is 1.63. The first-order valence-electron chi connectivity index (χ1n) is 7.94. The third-order valence-corrected chi connectivity index (χ3v) is 3.75. The Labute approximate surface area is 152 Å². The zero-order valence-corrected chi connectivity index (χ0v) is 13.9. The molecule has 6 nitrogen and oxygen atoms in total. The van der Waals surface area contributed by atoms with Gasteiger partial charge in [-0.05, 0) is 29.8 Å². The van der Waals surface area contributed by atoms with Crippen LogP contribution in [0, 0.1) is 0 Å². The number of hydrogen-bond donors (Lipinski definition) is 2. The van der Waals surface area contributed by atoms with E-state index in [1.54, 1.807) is 24.3 Å². The van der Waals surface area contributed by atoms with E-state index in [-0.39, 0.29) is 18.1 Å². The Morgan fingerprint density at radius 3 is 2.41 bits per heavy atom. The molecule has 0 aliphatic heterocycles. The summed E-state index contributed by atoms with van der Waals surface area (Å²) in [4.78, 5) is 16.0. The summed E-state index contributed by atoms with van der Waals surface area (Å²) >= 11 is 0. The molecule has 27 heavy (non-hydrogen) atoms. The van der Waals surface area contributed by atoms with Crippen molar-refractivity contribution >= 4 is 11.6 Å². The number of aliphatic hydroxyl groups is 1. The van der Waals surface area contributed by atoms with Crippen LogP contribution in [0.25, 0.3) is 0 Å². The second-order valence-corrected chi connectivity index (χ2v) is 5.75. The van der Waals surface area contributed by atoms with Crippen molar-refractivity contribution in [3.63, 3.8) is 0 Å². The lowest BCUT2D eigenvalue weighted by atomic mass is 10.1. The number of aliphatic hydroxyl groups excluding tert-OH is 1. The number of nitrogens with zero attached hydrogens (tertiary/aromatic N) is 3. The van der Waals surface area contributed by atoms with E-state index in [0.717, 1.165) is 24.3 Å². The second-order valence-electron chi connectivity index (χ2n) is 5.75. The Bertz CT molecular complexity index is 908. The van der Waals surface area contributed by atoms with E-state index in [2.05, 4.69) is 15.4 Å². The minimum atomic E-state index is -4.44. The van der Waals surface area contributed by atoms with Gasteiger partial charge in [-0.2, -0.15) is 13.2 Å². The summed E-state index contributed by atoms with van der Waals surface area (Å²) in [6.07, 6.45) is -3.96. The predicted octanol–water partition coefficient (Wildman–Crippen LogP) is 3.28. The van der Waals surface area contributed by atoms with Crippen LogP contribution in [0.1, 0.15) is 27.8 Å². The zero-order valence-electron chi connectivity index (χ0n) is 13.9. The average molecular weight is 376 g/mol. The summed E-state index contributed by atoms with van der Waals surface area (Å²) in [5.74, 6) is -0.821. The number of rotatable bonds is 5. The fourth-order valence-corrected chi connectivity index (χ4v) is 2.37. The minimum Gasteiger partial charge on any atom is -0.386 e. The van der Waals surface area contributed by atoms with E-state index in [1.807, 2.05) is 6.07 Å².